The summed E-state index contributed by atoms with van der Waals surface area (Å²) in [7, 11) is 0. The molecule has 0 saturated carbocycles. The van der Waals surface area contributed by atoms with Crippen LogP contribution in [0.15, 0.2) is 34.9 Å². The van der Waals surface area contributed by atoms with Crippen molar-refractivity contribution in [3.63, 3.8) is 0 Å². The van der Waals surface area contributed by atoms with Crippen molar-refractivity contribution in [1.82, 2.24) is 9.88 Å². The summed E-state index contributed by atoms with van der Waals surface area (Å²) in [5.41, 5.74) is 1.87. The van der Waals surface area contributed by atoms with Crippen LogP contribution < -0.4 is 0 Å². The molecule has 0 saturated heterocycles. The summed E-state index contributed by atoms with van der Waals surface area (Å²) in [5, 5.41) is 15.9. The molecule has 0 aliphatic rings. The van der Waals surface area contributed by atoms with Gasteiger partial charge in [-0.15, -0.1) is 17.9 Å². The summed E-state index contributed by atoms with van der Waals surface area (Å²) in [4.78, 5) is 18.2. The second-order valence-electron chi connectivity index (χ2n) is 4.18. The first-order valence-electron chi connectivity index (χ1n) is 6.21. The standard InChI is InChI=1S/C14H16N2O2S2/c1-2-4-16(5-6-17)13(18)8-12-10-20-14(15-12)11-3-7-19-9-11/h2-3,7,9-10,17H,1,4-6,8H2. The van der Waals surface area contributed by atoms with Crippen LogP contribution in [0.3, 0.4) is 0 Å². The number of carbonyl (C=O) groups excluding carboxylic acids is 1. The van der Waals surface area contributed by atoms with Crippen molar-refractivity contribution < 1.29 is 9.90 Å². The lowest BCUT2D eigenvalue weighted by Gasteiger charge is -2.19. The van der Waals surface area contributed by atoms with Gasteiger partial charge in [-0.05, 0) is 11.4 Å². The van der Waals surface area contributed by atoms with Gasteiger partial charge in [-0.25, -0.2) is 4.98 Å². The molecule has 0 unspecified atom stereocenters. The molecule has 0 aromatic carbocycles. The number of thiazole rings is 1. The largest absolute Gasteiger partial charge is 0.395 e. The van der Waals surface area contributed by atoms with Gasteiger partial charge in [-0.1, -0.05) is 6.08 Å². The average molecular weight is 308 g/mol. The molecule has 0 fully saturated rings. The van der Waals surface area contributed by atoms with Gasteiger partial charge in [0.05, 0.1) is 18.7 Å². The van der Waals surface area contributed by atoms with Crippen molar-refractivity contribution in [2.24, 2.45) is 0 Å². The number of hydrogen-bond donors (Lipinski definition) is 1. The Kier molecular flexibility index (Phi) is 5.46. The highest BCUT2D eigenvalue weighted by molar-refractivity contribution is 7.14. The number of aliphatic hydroxyl groups is 1. The molecule has 6 heteroatoms. The van der Waals surface area contributed by atoms with Gasteiger partial charge in [0, 0.05) is 29.4 Å². The monoisotopic (exact) mass is 308 g/mol. The van der Waals surface area contributed by atoms with E-state index in [1.54, 1.807) is 33.6 Å². The SMILES string of the molecule is C=CCN(CCO)C(=O)Cc1csc(-c2ccsc2)n1. The van der Waals surface area contributed by atoms with Gasteiger partial charge in [0.25, 0.3) is 0 Å². The first-order valence-corrected chi connectivity index (χ1v) is 8.03. The van der Waals surface area contributed by atoms with Crippen molar-refractivity contribution in [2.45, 2.75) is 6.42 Å². The Morgan fingerprint density at radius 2 is 2.35 bits per heavy atom. The Bertz CT molecular complexity index is 564. The Morgan fingerprint density at radius 3 is 3.00 bits per heavy atom. The number of hydrogen-bond acceptors (Lipinski definition) is 5. The van der Waals surface area contributed by atoms with Crippen LogP contribution >= 0.6 is 22.7 Å². The predicted molar refractivity (Wildman–Crippen MR) is 83.0 cm³/mol. The Balaban J connectivity index is 2.02. The minimum absolute atomic E-state index is 0.0406. The minimum atomic E-state index is -0.0448. The zero-order valence-corrected chi connectivity index (χ0v) is 12.6. The fourth-order valence-corrected chi connectivity index (χ4v) is 3.30. The summed E-state index contributed by atoms with van der Waals surface area (Å²) in [5.74, 6) is -0.0406. The second kappa shape index (κ2) is 7.33. The third-order valence-corrected chi connectivity index (χ3v) is 4.35. The normalized spacial score (nSPS) is 10.4. The van der Waals surface area contributed by atoms with E-state index < -0.39 is 0 Å². The quantitative estimate of drug-likeness (QED) is 0.799. The van der Waals surface area contributed by atoms with Gasteiger partial charge in [0.1, 0.15) is 5.01 Å². The molecule has 4 nitrogen and oxygen atoms in total. The Hall–Kier alpha value is -1.50. The summed E-state index contributed by atoms with van der Waals surface area (Å²) in [6.45, 7) is 4.35. The Morgan fingerprint density at radius 1 is 1.50 bits per heavy atom. The van der Waals surface area contributed by atoms with E-state index in [1.807, 2.05) is 22.2 Å². The summed E-state index contributed by atoms with van der Waals surface area (Å²) in [6, 6.07) is 2.02. The number of thiophene rings is 1. The molecule has 20 heavy (non-hydrogen) atoms. The Labute approximate surface area is 126 Å². The summed E-state index contributed by atoms with van der Waals surface area (Å²) in [6.07, 6.45) is 1.92. The van der Waals surface area contributed by atoms with E-state index in [0.29, 0.717) is 13.1 Å². The maximum absolute atomic E-state index is 12.1. The molecule has 0 bridgehead atoms. The number of amides is 1. The molecular weight excluding hydrogens is 292 g/mol. The predicted octanol–water partition coefficient (Wildman–Crippen LogP) is 2.42. The zero-order valence-electron chi connectivity index (χ0n) is 11.0. The van der Waals surface area contributed by atoms with Gasteiger partial charge in [-0.3, -0.25) is 4.79 Å². The van der Waals surface area contributed by atoms with Crippen molar-refractivity contribution in [3.8, 4) is 10.6 Å². The van der Waals surface area contributed by atoms with E-state index in [-0.39, 0.29) is 18.9 Å². The fourth-order valence-electron chi connectivity index (χ4n) is 1.77. The maximum Gasteiger partial charge on any atom is 0.228 e. The molecule has 2 heterocycles. The first-order chi connectivity index (χ1) is 9.74. The lowest BCUT2D eigenvalue weighted by atomic mass is 10.3. The molecule has 0 aliphatic heterocycles. The van der Waals surface area contributed by atoms with Crippen LogP contribution in [0.1, 0.15) is 5.69 Å². The van der Waals surface area contributed by atoms with Crippen LogP contribution in [0, 0.1) is 0 Å². The van der Waals surface area contributed by atoms with Gasteiger partial charge >= 0.3 is 0 Å². The van der Waals surface area contributed by atoms with E-state index in [9.17, 15) is 4.79 Å². The number of aliphatic hydroxyl groups excluding tert-OH is 1. The van der Waals surface area contributed by atoms with Crippen molar-refractivity contribution in [2.75, 3.05) is 19.7 Å². The van der Waals surface area contributed by atoms with E-state index in [0.717, 1.165) is 16.3 Å². The molecule has 1 N–H and O–H groups in total. The molecular formula is C14H16N2O2S2. The van der Waals surface area contributed by atoms with Crippen LogP contribution in [-0.4, -0.2) is 40.6 Å². The zero-order chi connectivity index (χ0) is 14.4. The van der Waals surface area contributed by atoms with Crippen LogP contribution in [0.2, 0.25) is 0 Å². The van der Waals surface area contributed by atoms with Gasteiger partial charge < -0.3 is 10.0 Å². The summed E-state index contributed by atoms with van der Waals surface area (Å²) >= 11 is 3.17. The molecule has 0 spiro atoms. The fraction of sp³-hybridized carbons (Fsp3) is 0.286. The molecule has 0 aliphatic carbocycles. The molecule has 0 radical (unpaired) electrons. The third kappa shape index (κ3) is 3.75. The van der Waals surface area contributed by atoms with Crippen LogP contribution in [0.25, 0.3) is 10.6 Å². The van der Waals surface area contributed by atoms with E-state index in [1.165, 1.54) is 0 Å². The lowest BCUT2D eigenvalue weighted by Crippen LogP contribution is -2.34. The minimum Gasteiger partial charge on any atom is -0.395 e. The highest BCUT2D eigenvalue weighted by atomic mass is 32.1. The van der Waals surface area contributed by atoms with E-state index >= 15 is 0 Å². The molecule has 1 amide bonds. The van der Waals surface area contributed by atoms with E-state index in [2.05, 4.69) is 11.6 Å². The molecule has 106 valence electrons. The average Bonchev–Trinajstić information content (AvgIpc) is 3.08. The summed E-state index contributed by atoms with van der Waals surface area (Å²) < 4.78 is 0. The van der Waals surface area contributed by atoms with E-state index in [4.69, 9.17) is 5.11 Å². The van der Waals surface area contributed by atoms with Gasteiger partial charge in [0.2, 0.25) is 5.91 Å². The van der Waals surface area contributed by atoms with Gasteiger partial charge in [-0.2, -0.15) is 11.3 Å². The van der Waals surface area contributed by atoms with Crippen molar-refractivity contribution in [3.05, 3.63) is 40.6 Å². The number of rotatable bonds is 7. The lowest BCUT2D eigenvalue weighted by molar-refractivity contribution is -0.130. The maximum atomic E-state index is 12.1. The smallest absolute Gasteiger partial charge is 0.228 e. The highest BCUT2D eigenvalue weighted by Gasteiger charge is 2.14. The van der Waals surface area contributed by atoms with Crippen molar-refractivity contribution in [1.29, 1.82) is 0 Å². The van der Waals surface area contributed by atoms with Crippen LogP contribution in [0.4, 0.5) is 0 Å². The number of nitrogens with zero attached hydrogens (tertiary/aromatic N) is 2. The molecule has 2 aromatic heterocycles. The third-order valence-electron chi connectivity index (χ3n) is 2.72. The number of carbonyl (C=O) groups is 1. The first kappa shape index (κ1) is 14.9. The van der Waals surface area contributed by atoms with Crippen LogP contribution in [0.5, 0.6) is 0 Å². The van der Waals surface area contributed by atoms with Crippen molar-refractivity contribution >= 4 is 28.6 Å². The number of aromatic nitrogens is 1. The molecule has 0 atom stereocenters. The molecule has 2 aromatic rings. The topological polar surface area (TPSA) is 53.4 Å². The van der Waals surface area contributed by atoms with Crippen LogP contribution in [-0.2, 0) is 11.2 Å². The molecule has 2 rings (SSSR count). The second-order valence-corrected chi connectivity index (χ2v) is 5.82. The van der Waals surface area contributed by atoms with Gasteiger partial charge in [0.15, 0.2) is 0 Å². The highest BCUT2D eigenvalue weighted by Crippen LogP contribution is 2.25.